The zero-order valence-corrected chi connectivity index (χ0v) is 28.7. The fourth-order valence-electron chi connectivity index (χ4n) is 7.09. The maximum absolute atomic E-state index is 16.3. The number of alkyl halides is 3. The van der Waals surface area contributed by atoms with Gasteiger partial charge in [-0.05, 0) is 90.0 Å². The monoisotopic (exact) mass is 728 g/mol. The molecule has 0 saturated carbocycles. The van der Waals surface area contributed by atoms with Crippen molar-refractivity contribution in [2.24, 2.45) is 0 Å². The van der Waals surface area contributed by atoms with Crippen LogP contribution in [0.15, 0.2) is 171 Å². The number of hydrogen-bond donors (Lipinski definition) is 0. The van der Waals surface area contributed by atoms with Crippen molar-refractivity contribution in [3.8, 4) is 22.3 Å². The molecule has 0 radical (unpaired) electrons. The number of hydrogen-bond acceptors (Lipinski definition) is 4. The summed E-state index contributed by atoms with van der Waals surface area (Å²) in [5, 5.41) is 0. The first-order chi connectivity index (χ1) is 25.3. The van der Waals surface area contributed by atoms with Gasteiger partial charge in [0.1, 0.15) is 11.6 Å². The van der Waals surface area contributed by atoms with Crippen molar-refractivity contribution in [3.63, 3.8) is 0 Å². The Labute approximate surface area is 305 Å². The molecule has 0 unspecified atom stereocenters. The zero-order chi connectivity index (χ0) is 35.6. The summed E-state index contributed by atoms with van der Waals surface area (Å²) in [6, 6.07) is 42.5. The molecule has 254 valence electrons. The van der Waals surface area contributed by atoms with Crippen molar-refractivity contribution >= 4 is 57.6 Å². The summed E-state index contributed by atoms with van der Waals surface area (Å²) in [5.41, 5.74) is 1.73. The number of nitrogens with zero attached hydrogens (tertiary/aromatic N) is 2. The minimum atomic E-state index is -4.98. The third-order valence-electron chi connectivity index (χ3n) is 9.14. The molecule has 9 heteroatoms. The van der Waals surface area contributed by atoms with Gasteiger partial charge in [-0.25, -0.2) is 8.78 Å². The number of fused-ring (bicyclic) bond motifs is 4. The van der Waals surface area contributed by atoms with Gasteiger partial charge in [-0.2, -0.15) is 13.2 Å². The van der Waals surface area contributed by atoms with Gasteiger partial charge in [0.15, 0.2) is 0 Å². The van der Waals surface area contributed by atoms with Gasteiger partial charge in [0.25, 0.3) is 0 Å². The van der Waals surface area contributed by atoms with E-state index in [-0.39, 0.29) is 33.6 Å². The molecule has 0 spiro atoms. The average Bonchev–Trinajstić information content (AvgIpc) is 3.15. The predicted molar refractivity (Wildman–Crippen MR) is 200 cm³/mol. The Morgan fingerprint density at radius 2 is 0.731 bits per heavy atom. The van der Waals surface area contributed by atoms with Gasteiger partial charge in [0, 0.05) is 30.7 Å². The van der Waals surface area contributed by atoms with E-state index < -0.39 is 23.4 Å². The van der Waals surface area contributed by atoms with Crippen LogP contribution in [0.25, 0.3) is 22.3 Å². The smallest absolute Gasteiger partial charge is 0.307 e. The van der Waals surface area contributed by atoms with E-state index in [1.165, 1.54) is 59.9 Å². The molecule has 2 heterocycles. The van der Waals surface area contributed by atoms with Crippen molar-refractivity contribution in [1.29, 1.82) is 0 Å². The van der Waals surface area contributed by atoms with E-state index in [0.29, 0.717) is 22.7 Å². The highest BCUT2D eigenvalue weighted by molar-refractivity contribution is 8.00. The van der Waals surface area contributed by atoms with E-state index in [4.69, 9.17) is 0 Å². The normalized spacial score (nSPS) is 13.2. The minimum Gasteiger partial charge on any atom is -0.307 e. The van der Waals surface area contributed by atoms with Gasteiger partial charge in [0.05, 0.1) is 39.7 Å². The van der Waals surface area contributed by atoms with Gasteiger partial charge in [0.2, 0.25) is 0 Å². The van der Waals surface area contributed by atoms with Crippen LogP contribution >= 0.6 is 23.5 Å². The molecule has 0 saturated heterocycles. The lowest BCUT2D eigenvalue weighted by Gasteiger charge is -2.39. The summed E-state index contributed by atoms with van der Waals surface area (Å²) in [4.78, 5) is 7.07. The molecule has 7 aromatic rings. The Hall–Kier alpha value is -5.51. The van der Waals surface area contributed by atoms with Gasteiger partial charge in [-0.15, -0.1) is 0 Å². The van der Waals surface area contributed by atoms with E-state index in [1.807, 2.05) is 107 Å². The van der Waals surface area contributed by atoms with E-state index in [9.17, 15) is 0 Å². The van der Waals surface area contributed by atoms with Crippen LogP contribution in [0.4, 0.5) is 56.1 Å². The third kappa shape index (κ3) is 5.43. The Bertz CT molecular complexity index is 2280. The molecule has 0 fully saturated rings. The topological polar surface area (TPSA) is 6.48 Å². The van der Waals surface area contributed by atoms with Crippen LogP contribution in [0, 0.1) is 11.6 Å². The number of halogens is 5. The Morgan fingerprint density at radius 1 is 0.385 bits per heavy atom. The maximum atomic E-state index is 16.3. The van der Waals surface area contributed by atoms with E-state index in [0.717, 1.165) is 31.7 Å². The van der Waals surface area contributed by atoms with Crippen LogP contribution in [0.1, 0.15) is 5.56 Å². The highest BCUT2D eigenvalue weighted by Crippen LogP contribution is 2.61. The van der Waals surface area contributed by atoms with Gasteiger partial charge in [-0.3, -0.25) is 0 Å². The first-order valence-corrected chi connectivity index (χ1v) is 18.0. The summed E-state index contributed by atoms with van der Waals surface area (Å²) in [6.45, 7) is 0. The van der Waals surface area contributed by atoms with Gasteiger partial charge < -0.3 is 9.80 Å². The van der Waals surface area contributed by atoms with Crippen molar-refractivity contribution < 1.29 is 22.0 Å². The summed E-state index contributed by atoms with van der Waals surface area (Å²) >= 11 is 3.06. The second-order valence-corrected chi connectivity index (χ2v) is 14.5. The molecular formula is C43H25F5N2S2. The molecule has 0 N–H and O–H groups in total. The van der Waals surface area contributed by atoms with E-state index in [2.05, 4.69) is 0 Å². The molecule has 2 nitrogen and oxygen atoms in total. The molecule has 9 rings (SSSR count). The first-order valence-electron chi connectivity index (χ1n) is 16.4. The second-order valence-electron chi connectivity index (χ2n) is 12.3. The quantitative estimate of drug-likeness (QED) is 0.166. The van der Waals surface area contributed by atoms with E-state index in [1.54, 1.807) is 6.07 Å². The lowest BCUT2D eigenvalue weighted by Crippen LogP contribution is -2.22. The summed E-state index contributed by atoms with van der Waals surface area (Å²) in [6.07, 6.45) is -4.98. The molecule has 0 aliphatic carbocycles. The lowest BCUT2D eigenvalue weighted by molar-refractivity contribution is -0.136. The highest BCUT2D eigenvalue weighted by Gasteiger charge is 2.43. The van der Waals surface area contributed by atoms with Crippen LogP contribution in [-0.4, -0.2) is 0 Å². The van der Waals surface area contributed by atoms with Crippen LogP contribution in [0.5, 0.6) is 0 Å². The average molecular weight is 729 g/mol. The number of anilines is 6. The summed E-state index contributed by atoms with van der Waals surface area (Å²) < 4.78 is 79.3. The largest absolute Gasteiger partial charge is 0.417 e. The fourth-order valence-corrected chi connectivity index (χ4v) is 9.21. The van der Waals surface area contributed by atoms with Crippen molar-refractivity contribution in [2.45, 2.75) is 25.8 Å². The SMILES string of the molecule is Fc1cccc(-c2c(N3c4ccccc4Sc4ccccc43)cc(N3c4ccccc4Sc4ccccc43)c(-c3cccc(F)c3)c2C(F)(F)F)c1. The second kappa shape index (κ2) is 12.6. The summed E-state index contributed by atoms with van der Waals surface area (Å²) in [7, 11) is 0. The standard InChI is InChI=1S/C43H25F5N2S2/c44-28-13-9-11-26(23-28)40-34(49-30-15-1-5-19-36(30)51-37-20-6-2-16-31(37)49)25-35(41(42(40)43(46,47)48)27-12-10-14-29(45)24-27)50-32-17-3-7-21-38(32)52-39-22-8-4-18-33(39)50/h1-25H. The third-order valence-corrected chi connectivity index (χ3v) is 11.4. The zero-order valence-electron chi connectivity index (χ0n) is 27.0. The van der Waals surface area contributed by atoms with Gasteiger partial charge in [-0.1, -0.05) is 96.3 Å². The maximum Gasteiger partial charge on any atom is 0.417 e. The van der Waals surface area contributed by atoms with Gasteiger partial charge >= 0.3 is 6.18 Å². The van der Waals surface area contributed by atoms with Crippen LogP contribution < -0.4 is 9.80 Å². The lowest BCUT2D eigenvalue weighted by atomic mass is 9.86. The number of rotatable bonds is 4. The molecule has 0 aromatic heterocycles. The summed E-state index contributed by atoms with van der Waals surface area (Å²) in [5.74, 6) is -1.36. The molecule has 0 bridgehead atoms. The van der Waals surface area contributed by atoms with Crippen LogP contribution in [0.3, 0.4) is 0 Å². The Morgan fingerprint density at radius 3 is 1.06 bits per heavy atom. The van der Waals surface area contributed by atoms with Crippen LogP contribution in [0.2, 0.25) is 0 Å². The number of para-hydroxylation sites is 4. The highest BCUT2D eigenvalue weighted by atomic mass is 32.2. The molecule has 52 heavy (non-hydrogen) atoms. The van der Waals surface area contributed by atoms with E-state index >= 15 is 22.0 Å². The minimum absolute atomic E-state index is 0.0368. The van der Waals surface area contributed by atoms with Crippen molar-refractivity contribution in [3.05, 3.63) is 169 Å². The van der Waals surface area contributed by atoms with Crippen molar-refractivity contribution in [2.75, 3.05) is 9.80 Å². The molecular weight excluding hydrogens is 704 g/mol. The molecule has 7 aromatic carbocycles. The van der Waals surface area contributed by atoms with Crippen molar-refractivity contribution in [1.82, 2.24) is 0 Å². The molecule has 0 amide bonds. The predicted octanol–water partition coefficient (Wildman–Crippen LogP) is 14.2. The fraction of sp³-hybridized carbons (Fsp3) is 0.0233. The van der Waals surface area contributed by atoms with Crippen LogP contribution in [-0.2, 0) is 6.18 Å². The first kappa shape index (κ1) is 32.4. The molecule has 2 aliphatic rings. The Balaban J connectivity index is 1.50. The Kier molecular flexibility index (Phi) is 7.86. The molecule has 2 aliphatic heterocycles. The molecule has 0 atom stereocenters. The number of benzene rings is 7.